The molecule has 0 radical (unpaired) electrons. The summed E-state index contributed by atoms with van der Waals surface area (Å²) >= 11 is 5.55. The number of ether oxygens (including phenoxy) is 1. The number of pyridine rings is 1. The Morgan fingerprint density at radius 3 is 2.62 bits per heavy atom. The second-order valence-corrected chi connectivity index (χ2v) is 6.59. The van der Waals surface area contributed by atoms with Gasteiger partial charge in [-0.2, -0.15) is 0 Å². The first-order valence-corrected chi connectivity index (χ1v) is 9.09. The van der Waals surface area contributed by atoms with E-state index < -0.39 is 0 Å². The molecule has 1 heterocycles. The quantitative estimate of drug-likeness (QED) is 0.624. The molecule has 1 unspecified atom stereocenters. The smallest absolute Gasteiger partial charge is 0.171 e. The molecule has 0 aliphatic carbocycles. The van der Waals surface area contributed by atoms with Crippen molar-refractivity contribution in [1.29, 1.82) is 0 Å². The number of thiocarbonyl (C=S) groups is 1. The zero-order valence-electron chi connectivity index (χ0n) is 15.2. The summed E-state index contributed by atoms with van der Waals surface area (Å²) in [5, 5.41) is 8.28. The van der Waals surface area contributed by atoms with E-state index in [1.54, 1.807) is 13.3 Å². The molecule has 0 bridgehead atoms. The maximum Gasteiger partial charge on any atom is 0.171 e. The van der Waals surface area contributed by atoms with Gasteiger partial charge in [-0.3, -0.25) is 4.98 Å². The van der Waals surface area contributed by atoms with Crippen LogP contribution in [0.1, 0.15) is 30.5 Å². The highest BCUT2D eigenvalue weighted by Gasteiger charge is 2.12. The van der Waals surface area contributed by atoms with Gasteiger partial charge in [-0.1, -0.05) is 36.8 Å². The summed E-state index contributed by atoms with van der Waals surface area (Å²) in [6.07, 6.45) is 2.70. The van der Waals surface area contributed by atoms with E-state index >= 15 is 0 Å². The Kier molecular flexibility index (Phi) is 5.68. The number of aromatic nitrogens is 1. The van der Waals surface area contributed by atoms with Gasteiger partial charge in [0.25, 0.3) is 0 Å². The van der Waals surface area contributed by atoms with Gasteiger partial charge in [0, 0.05) is 17.3 Å². The molecule has 0 saturated heterocycles. The zero-order valence-corrected chi connectivity index (χ0v) is 16.1. The first-order chi connectivity index (χ1) is 12.6. The minimum atomic E-state index is 0.165. The Morgan fingerprint density at radius 1 is 1.15 bits per heavy atom. The monoisotopic (exact) mass is 365 g/mol. The third-order valence-electron chi connectivity index (χ3n) is 4.39. The van der Waals surface area contributed by atoms with E-state index in [-0.39, 0.29) is 6.04 Å². The summed E-state index contributed by atoms with van der Waals surface area (Å²) in [6, 6.07) is 16.5. The third-order valence-corrected chi connectivity index (χ3v) is 4.61. The van der Waals surface area contributed by atoms with Crippen molar-refractivity contribution < 1.29 is 4.74 Å². The van der Waals surface area contributed by atoms with E-state index in [1.165, 1.54) is 11.1 Å². The van der Waals surface area contributed by atoms with Crippen LogP contribution in [0.15, 0.2) is 54.7 Å². The van der Waals surface area contributed by atoms with Crippen molar-refractivity contribution in [3.63, 3.8) is 0 Å². The zero-order chi connectivity index (χ0) is 18.5. The SMILES string of the molecule is CCC(NC(=S)Nc1ccc(OC)c2ncccc12)c1ccc(C)cc1. The van der Waals surface area contributed by atoms with Crippen molar-refractivity contribution in [2.75, 3.05) is 12.4 Å². The van der Waals surface area contributed by atoms with Gasteiger partial charge in [0.15, 0.2) is 5.11 Å². The largest absolute Gasteiger partial charge is 0.494 e. The predicted molar refractivity (Wildman–Crippen MR) is 112 cm³/mol. The van der Waals surface area contributed by atoms with Crippen molar-refractivity contribution >= 4 is 33.9 Å². The standard InChI is InChI=1S/C21H23N3OS/c1-4-17(15-9-7-14(2)8-10-15)23-21(26)24-18-11-12-19(25-3)20-16(18)6-5-13-22-20/h5-13,17H,4H2,1-3H3,(H2,23,24,26). The number of nitrogens with zero attached hydrogens (tertiary/aromatic N) is 1. The summed E-state index contributed by atoms with van der Waals surface area (Å²) in [4.78, 5) is 4.42. The van der Waals surface area contributed by atoms with Crippen LogP contribution in [0.4, 0.5) is 5.69 Å². The minimum absolute atomic E-state index is 0.165. The van der Waals surface area contributed by atoms with Crippen LogP contribution < -0.4 is 15.4 Å². The number of anilines is 1. The predicted octanol–water partition coefficient (Wildman–Crippen LogP) is 4.99. The van der Waals surface area contributed by atoms with E-state index in [0.29, 0.717) is 5.11 Å². The number of aryl methyl sites for hydroxylation is 1. The van der Waals surface area contributed by atoms with Crippen LogP contribution in [-0.2, 0) is 0 Å². The lowest BCUT2D eigenvalue weighted by Gasteiger charge is -2.21. The fraction of sp³-hybridized carbons (Fsp3) is 0.238. The molecule has 0 fully saturated rings. The highest BCUT2D eigenvalue weighted by atomic mass is 32.1. The van der Waals surface area contributed by atoms with Gasteiger partial charge >= 0.3 is 0 Å². The van der Waals surface area contributed by atoms with Gasteiger partial charge in [-0.15, -0.1) is 0 Å². The lowest BCUT2D eigenvalue weighted by molar-refractivity contribution is 0.419. The lowest BCUT2D eigenvalue weighted by atomic mass is 10.0. The number of rotatable bonds is 5. The Morgan fingerprint density at radius 2 is 1.92 bits per heavy atom. The lowest BCUT2D eigenvalue weighted by Crippen LogP contribution is -2.32. The number of methoxy groups -OCH3 is 1. The van der Waals surface area contributed by atoms with Gasteiger partial charge in [0.1, 0.15) is 11.3 Å². The van der Waals surface area contributed by atoms with Crippen molar-refractivity contribution in [3.05, 3.63) is 65.9 Å². The molecule has 0 aliphatic heterocycles. The fourth-order valence-corrected chi connectivity index (χ4v) is 3.21. The average molecular weight is 366 g/mol. The Bertz CT molecular complexity index is 909. The molecule has 0 aliphatic rings. The maximum atomic E-state index is 5.55. The van der Waals surface area contributed by atoms with Crippen molar-refractivity contribution in [2.45, 2.75) is 26.3 Å². The first-order valence-electron chi connectivity index (χ1n) is 8.68. The van der Waals surface area contributed by atoms with Crippen molar-refractivity contribution in [2.24, 2.45) is 0 Å². The summed E-state index contributed by atoms with van der Waals surface area (Å²) in [7, 11) is 1.65. The third kappa shape index (κ3) is 3.94. The molecular formula is C21H23N3OS. The van der Waals surface area contributed by atoms with Crippen LogP contribution in [-0.4, -0.2) is 17.2 Å². The maximum absolute atomic E-state index is 5.55. The molecule has 0 saturated carbocycles. The van der Waals surface area contributed by atoms with E-state index in [9.17, 15) is 0 Å². The summed E-state index contributed by atoms with van der Waals surface area (Å²) in [5.41, 5.74) is 4.20. The normalized spacial score (nSPS) is 11.8. The van der Waals surface area contributed by atoms with Crippen LogP contribution in [0, 0.1) is 6.92 Å². The number of benzene rings is 2. The Hall–Kier alpha value is -2.66. The molecule has 4 nitrogen and oxygen atoms in total. The second kappa shape index (κ2) is 8.15. The Labute approximate surface area is 159 Å². The molecule has 134 valence electrons. The number of hydrogen-bond acceptors (Lipinski definition) is 3. The highest BCUT2D eigenvalue weighted by Crippen LogP contribution is 2.29. The second-order valence-electron chi connectivity index (χ2n) is 6.18. The summed E-state index contributed by atoms with van der Waals surface area (Å²) in [5.74, 6) is 0.746. The number of fused-ring (bicyclic) bond motifs is 1. The van der Waals surface area contributed by atoms with Crippen LogP contribution >= 0.6 is 12.2 Å². The van der Waals surface area contributed by atoms with Crippen LogP contribution in [0.3, 0.4) is 0 Å². The van der Waals surface area contributed by atoms with E-state index in [2.05, 4.69) is 53.7 Å². The topological polar surface area (TPSA) is 46.2 Å². The van der Waals surface area contributed by atoms with Crippen LogP contribution in [0.2, 0.25) is 0 Å². The summed E-state index contributed by atoms with van der Waals surface area (Å²) < 4.78 is 5.40. The highest BCUT2D eigenvalue weighted by molar-refractivity contribution is 7.80. The van der Waals surface area contributed by atoms with Gasteiger partial charge in [-0.25, -0.2) is 0 Å². The van der Waals surface area contributed by atoms with Crippen LogP contribution in [0.5, 0.6) is 5.75 Å². The van der Waals surface area contributed by atoms with E-state index in [0.717, 1.165) is 28.8 Å². The molecule has 0 spiro atoms. The molecular weight excluding hydrogens is 342 g/mol. The molecule has 1 atom stereocenters. The molecule has 2 N–H and O–H groups in total. The molecule has 1 aromatic heterocycles. The fourth-order valence-electron chi connectivity index (χ4n) is 2.96. The molecule has 0 amide bonds. The minimum Gasteiger partial charge on any atom is -0.494 e. The van der Waals surface area contributed by atoms with E-state index in [4.69, 9.17) is 17.0 Å². The summed E-state index contributed by atoms with van der Waals surface area (Å²) in [6.45, 7) is 4.24. The van der Waals surface area contributed by atoms with Gasteiger partial charge in [-0.05, 0) is 55.4 Å². The van der Waals surface area contributed by atoms with Crippen LogP contribution in [0.25, 0.3) is 10.9 Å². The molecule has 3 rings (SSSR count). The Balaban J connectivity index is 1.79. The number of hydrogen-bond donors (Lipinski definition) is 2. The molecule has 3 aromatic rings. The van der Waals surface area contributed by atoms with Crippen molar-refractivity contribution in [1.82, 2.24) is 10.3 Å². The first kappa shape index (κ1) is 18.1. The number of nitrogens with one attached hydrogen (secondary N) is 2. The van der Waals surface area contributed by atoms with Gasteiger partial charge in [0.2, 0.25) is 0 Å². The molecule has 2 aromatic carbocycles. The van der Waals surface area contributed by atoms with Gasteiger partial charge < -0.3 is 15.4 Å². The molecule has 5 heteroatoms. The van der Waals surface area contributed by atoms with Crippen molar-refractivity contribution in [3.8, 4) is 5.75 Å². The molecule has 26 heavy (non-hydrogen) atoms. The van der Waals surface area contributed by atoms with Gasteiger partial charge in [0.05, 0.1) is 13.2 Å². The average Bonchev–Trinajstić information content (AvgIpc) is 2.67. The van der Waals surface area contributed by atoms with E-state index in [1.807, 2.05) is 24.3 Å².